The number of carbonyl (C=O) groups excluding carboxylic acids is 1. The van der Waals surface area contributed by atoms with Crippen LogP contribution in [0.4, 0.5) is 0 Å². The molecule has 13 heavy (non-hydrogen) atoms. The Kier molecular flexibility index (Phi) is 3.09. The van der Waals surface area contributed by atoms with Gasteiger partial charge in [0, 0.05) is 18.6 Å². The molecule has 0 spiro atoms. The second-order valence-corrected chi connectivity index (χ2v) is 3.80. The van der Waals surface area contributed by atoms with E-state index in [-0.39, 0.29) is 5.91 Å². The number of likely N-dealkylation sites (N-methyl/N-ethyl adjacent to an activating group) is 1. The third-order valence-corrected chi connectivity index (χ3v) is 2.84. The number of hydrogen-bond acceptors (Lipinski definition) is 2. The maximum absolute atomic E-state index is 11.4. The zero-order valence-corrected chi connectivity index (χ0v) is 8.66. The zero-order chi connectivity index (χ0) is 10.0. The molecule has 1 amide bonds. The fourth-order valence-corrected chi connectivity index (χ4v) is 2.04. The standard InChI is InChI=1S/C10H18N2O/c1-5-10(13)12-7-6-9(8(12)2)11(3)4/h5,8-9H,1,6-7H2,2-4H3/t8-,9-/m1/s1. The van der Waals surface area contributed by atoms with E-state index in [9.17, 15) is 4.79 Å². The molecular formula is C10H18N2O. The highest BCUT2D eigenvalue weighted by atomic mass is 16.2. The summed E-state index contributed by atoms with van der Waals surface area (Å²) in [6.45, 7) is 6.46. The van der Waals surface area contributed by atoms with E-state index < -0.39 is 0 Å². The van der Waals surface area contributed by atoms with Gasteiger partial charge in [-0.15, -0.1) is 0 Å². The SMILES string of the molecule is C=CC(=O)N1CC[C@@H](N(C)C)[C@H]1C. The first-order chi connectivity index (χ1) is 6.07. The van der Waals surface area contributed by atoms with Crippen molar-refractivity contribution in [3.63, 3.8) is 0 Å². The van der Waals surface area contributed by atoms with Crippen molar-refractivity contribution in [2.45, 2.75) is 25.4 Å². The van der Waals surface area contributed by atoms with Gasteiger partial charge in [0.2, 0.25) is 5.91 Å². The third kappa shape index (κ3) is 1.91. The molecule has 0 aromatic heterocycles. The fraction of sp³-hybridized carbons (Fsp3) is 0.700. The maximum Gasteiger partial charge on any atom is 0.246 e. The van der Waals surface area contributed by atoms with Gasteiger partial charge in [-0.3, -0.25) is 4.79 Å². The smallest absolute Gasteiger partial charge is 0.246 e. The number of likely N-dealkylation sites (tertiary alicyclic amines) is 1. The van der Waals surface area contributed by atoms with E-state index in [1.807, 2.05) is 4.90 Å². The first kappa shape index (κ1) is 10.3. The average Bonchev–Trinajstić information content (AvgIpc) is 2.46. The Morgan fingerprint density at radius 2 is 2.23 bits per heavy atom. The van der Waals surface area contributed by atoms with Crippen LogP contribution < -0.4 is 0 Å². The summed E-state index contributed by atoms with van der Waals surface area (Å²) in [6.07, 6.45) is 2.46. The largest absolute Gasteiger partial charge is 0.335 e. The van der Waals surface area contributed by atoms with E-state index in [0.29, 0.717) is 12.1 Å². The Labute approximate surface area is 80.0 Å². The number of carbonyl (C=O) groups is 1. The summed E-state index contributed by atoms with van der Waals surface area (Å²) >= 11 is 0. The summed E-state index contributed by atoms with van der Waals surface area (Å²) in [5, 5.41) is 0. The van der Waals surface area contributed by atoms with Crippen molar-refractivity contribution >= 4 is 5.91 Å². The molecule has 2 atom stereocenters. The Morgan fingerprint density at radius 1 is 1.62 bits per heavy atom. The summed E-state index contributed by atoms with van der Waals surface area (Å²) in [4.78, 5) is 15.5. The molecule has 3 nitrogen and oxygen atoms in total. The lowest BCUT2D eigenvalue weighted by Gasteiger charge is -2.27. The van der Waals surface area contributed by atoms with Crippen LogP contribution in [0, 0.1) is 0 Å². The number of nitrogens with zero attached hydrogens (tertiary/aromatic N) is 2. The van der Waals surface area contributed by atoms with Crippen molar-refractivity contribution in [3.05, 3.63) is 12.7 Å². The Morgan fingerprint density at radius 3 is 2.62 bits per heavy atom. The van der Waals surface area contributed by atoms with E-state index in [1.165, 1.54) is 6.08 Å². The Balaban J connectivity index is 2.64. The molecule has 1 fully saturated rings. The van der Waals surface area contributed by atoms with Crippen LogP contribution in [0.3, 0.4) is 0 Å². The first-order valence-corrected chi connectivity index (χ1v) is 4.67. The van der Waals surface area contributed by atoms with E-state index in [2.05, 4.69) is 32.5 Å². The van der Waals surface area contributed by atoms with Crippen LogP contribution in [0.5, 0.6) is 0 Å². The Hall–Kier alpha value is -0.830. The quantitative estimate of drug-likeness (QED) is 0.588. The van der Waals surface area contributed by atoms with Crippen LogP contribution in [0.15, 0.2) is 12.7 Å². The predicted octanol–water partition coefficient (Wildman–Crippen LogP) is 0.723. The molecule has 1 rings (SSSR count). The van der Waals surface area contributed by atoms with Crippen molar-refractivity contribution in [1.82, 2.24) is 9.80 Å². The summed E-state index contributed by atoms with van der Waals surface area (Å²) in [5.41, 5.74) is 0. The molecule has 0 bridgehead atoms. The van der Waals surface area contributed by atoms with Gasteiger partial charge in [-0.1, -0.05) is 6.58 Å². The number of rotatable bonds is 2. The molecule has 3 heteroatoms. The van der Waals surface area contributed by atoms with Crippen LogP contribution in [-0.2, 0) is 4.79 Å². The summed E-state index contributed by atoms with van der Waals surface area (Å²) in [6, 6.07) is 0.796. The molecule has 0 radical (unpaired) electrons. The monoisotopic (exact) mass is 182 g/mol. The van der Waals surface area contributed by atoms with Gasteiger partial charge in [0.1, 0.15) is 0 Å². The van der Waals surface area contributed by atoms with Crippen LogP contribution in [-0.4, -0.2) is 48.4 Å². The highest BCUT2D eigenvalue weighted by Gasteiger charge is 2.33. The van der Waals surface area contributed by atoms with Gasteiger partial charge in [-0.05, 0) is 33.5 Å². The average molecular weight is 182 g/mol. The molecule has 0 N–H and O–H groups in total. The summed E-state index contributed by atoms with van der Waals surface area (Å²) in [5.74, 6) is 0.0526. The minimum atomic E-state index is 0.0526. The summed E-state index contributed by atoms with van der Waals surface area (Å²) in [7, 11) is 4.12. The van der Waals surface area contributed by atoms with Gasteiger partial charge in [-0.25, -0.2) is 0 Å². The molecule has 0 aliphatic carbocycles. The second-order valence-electron chi connectivity index (χ2n) is 3.80. The normalized spacial score (nSPS) is 28.2. The van der Waals surface area contributed by atoms with E-state index in [0.717, 1.165) is 13.0 Å². The van der Waals surface area contributed by atoms with Gasteiger partial charge in [-0.2, -0.15) is 0 Å². The predicted molar refractivity (Wildman–Crippen MR) is 53.5 cm³/mol. The molecule has 0 unspecified atom stereocenters. The number of hydrogen-bond donors (Lipinski definition) is 0. The van der Waals surface area contributed by atoms with E-state index >= 15 is 0 Å². The number of amides is 1. The zero-order valence-electron chi connectivity index (χ0n) is 8.66. The molecular weight excluding hydrogens is 164 g/mol. The molecule has 1 aliphatic rings. The van der Waals surface area contributed by atoms with Gasteiger partial charge in [0.15, 0.2) is 0 Å². The van der Waals surface area contributed by atoms with Gasteiger partial charge in [0.05, 0.1) is 0 Å². The van der Waals surface area contributed by atoms with Crippen molar-refractivity contribution in [2.24, 2.45) is 0 Å². The maximum atomic E-state index is 11.4. The van der Waals surface area contributed by atoms with Crippen LogP contribution in [0.25, 0.3) is 0 Å². The van der Waals surface area contributed by atoms with Crippen molar-refractivity contribution in [3.8, 4) is 0 Å². The minimum absolute atomic E-state index is 0.0526. The van der Waals surface area contributed by atoms with Crippen LogP contribution >= 0.6 is 0 Å². The highest BCUT2D eigenvalue weighted by molar-refractivity contribution is 5.87. The van der Waals surface area contributed by atoms with Gasteiger partial charge >= 0.3 is 0 Å². The minimum Gasteiger partial charge on any atom is -0.335 e. The van der Waals surface area contributed by atoms with Crippen molar-refractivity contribution in [2.75, 3.05) is 20.6 Å². The lowest BCUT2D eigenvalue weighted by Crippen LogP contribution is -2.41. The molecule has 0 saturated carbocycles. The second kappa shape index (κ2) is 3.92. The van der Waals surface area contributed by atoms with E-state index in [4.69, 9.17) is 0 Å². The van der Waals surface area contributed by atoms with Crippen LogP contribution in [0.2, 0.25) is 0 Å². The highest BCUT2D eigenvalue weighted by Crippen LogP contribution is 2.20. The van der Waals surface area contributed by atoms with Crippen LogP contribution in [0.1, 0.15) is 13.3 Å². The van der Waals surface area contributed by atoms with Crippen molar-refractivity contribution < 1.29 is 4.79 Å². The molecule has 0 aromatic carbocycles. The molecule has 74 valence electrons. The topological polar surface area (TPSA) is 23.6 Å². The first-order valence-electron chi connectivity index (χ1n) is 4.67. The fourth-order valence-electron chi connectivity index (χ4n) is 2.04. The lowest BCUT2D eigenvalue weighted by molar-refractivity contribution is -0.126. The third-order valence-electron chi connectivity index (χ3n) is 2.84. The van der Waals surface area contributed by atoms with Crippen molar-refractivity contribution in [1.29, 1.82) is 0 Å². The Bertz CT molecular complexity index is 213. The van der Waals surface area contributed by atoms with E-state index in [1.54, 1.807) is 0 Å². The molecule has 1 heterocycles. The lowest BCUT2D eigenvalue weighted by atomic mass is 10.1. The van der Waals surface area contributed by atoms with Gasteiger partial charge < -0.3 is 9.80 Å². The summed E-state index contributed by atoms with van der Waals surface area (Å²) < 4.78 is 0. The van der Waals surface area contributed by atoms with Gasteiger partial charge in [0.25, 0.3) is 0 Å². The molecule has 1 aliphatic heterocycles. The molecule has 1 saturated heterocycles. The molecule has 0 aromatic rings.